The van der Waals surface area contributed by atoms with E-state index in [-0.39, 0.29) is 10.9 Å². The molecule has 1 heterocycles. The van der Waals surface area contributed by atoms with Gasteiger partial charge in [0.25, 0.3) is 11.2 Å². The lowest BCUT2D eigenvalue weighted by Crippen LogP contribution is -2.18. The van der Waals surface area contributed by atoms with Crippen molar-refractivity contribution in [2.45, 2.75) is 33.0 Å². The quantitative estimate of drug-likeness (QED) is 0.716. The van der Waals surface area contributed by atoms with Crippen molar-refractivity contribution in [1.29, 1.82) is 0 Å². The summed E-state index contributed by atoms with van der Waals surface area (Å²) in [6.07, 6.45) is 0. The molecule has 1 aromatic heterocycles. The van der Waals surface area contributed by atoms with E-state index in [2.05, 4.69) is 10.1 Å². The van der Waals surface area contributed by atoms with Crippen LogP contribution in [0.15, 0.2) is 4.52 Å². The Kier molecular flexibility index (Phi) is 2.69. The van der Waals surface area contributed by atoms with Gasteiger partial charge in [-0.2, -0.15) is 4.98 Å². The molecule has 5 heteroatoms. The summed E-state index contributed by atoms with van der Waals surface area (Å²) in [4.78, 5) is 3.78. The molecule has 0 saturated heterocycles. The highest BCUT2D eigenvalue weighted by atomic mass is 35.5. The standard InChI is InChI=1S/C7H11ClN2O2/c1-7(2,3)11-4-5-9-6(8)10-12-5/h4H2,1-3H3. The Morgan fingerprint density at radius 1 is 1.50 bits per heavy atom. The molecular formula is C7H11ClN2O2. The second kappa shape index (κ2) is 3.41. The average Bonchev–Trinajstić information content (AvgIpc) is 2.30. The van der Waals surface area contributed by atoms with Gasteiger partial charge in [0.2, 0.25) is 0 Å². The van der Waals surface area contributed by atoms with Crippen LogP contribution in [0.1, 0.15) is 26.7 Å². The fourth-order valence-corrected chi connectivity index (χ4v) is 0.700. The van der Waals surface area contributed by atoms with Crippen molar-refractivity contribution < 1.29 is 9.26 Å². The summed E-state index contributed by atoms with van der Waals surface area (Å²) in [5, 5.41) is 3.53. The number of nitrogens with zero attached hydrogens (tertiary/aromatic N) is 2. The zero-order valence-corrected chi connectivity index (χ0v) is 8.05. The summed E-state index contributed by atoms with van der Waals surface area (Å²) in [5.41, 5.74) is -0.207. The maximum absolute atomic E-state index is 5.44. The smallest absolute Gasteiger partial charge is 0.263 e. The Balaban J connectivity index is 2.44. The minimum atomic E-state index is -0.207. The van der Waals surface area contributed by atoms with E-state index in [4.69, 9.17) is 20.9 Å². The molecule has 0 aliphatic rings. The molecule has 0 unspecified atom stereocenters. The number of hydrogen-bond donors (Lipinski definition) is 0. The Morgan fingerprint density at radius 3 is 2.58 bits per heavy atom. The van der Waals surface area contributed by atoms with Crippen LogP contribution in [0.5, 0.6) is 0 Å². The van der Waals surface area contributed by atoms with E-state index in [1.807, 2.05) is 20.8 Å². The first kappa shape index (κ1) is 9.48. The minimum Gasteiger partial charge on any atom is -0.366 e. The maximum Gasteiger partial charge on any atom is 0.263 e. The van der Waals surface area contributed by atoms with Gasteiger partial charge < -0.3 is 9.26 Å². The molecule has 68 valence electrons. The van der Waals surface area contributed by atoms with Crippen LogP contribution in [0.3, 0.4) is 0 Å². The summed E-state index contributed by atoms with van der Waals surface area (Å²) < 4.78 is 10.1. The van der Waals surface area contributed by atoms with Crippen LogP contribution in [0.4, 0.5) is 0 Å². The van der Waals surface area contributed by atoms with Crippen LogP contribution in [0.2, 0.25) is 5.28 Å². The molecule has 12 heavy (non-hydrogen) atoms. The molecule has 0 N–H and O–H groups in total. The van der Waals surface area contributed by atoms with Gasteiger partial charge in [0.05, 0.1) is 5.60 Å². The first-order chi connectivity index (χ1) is 5.47. The molecule has 1 aromatic rings. The van der Waals surface area contributed by atoms with Crippen molar-refractivity contribution in [2.24, 2.45) is 0 Å². The normalized spacial score (nSPS) is 12.0. The highest BCUT2D eigenvalue weighted by Gasteiger charge is 2.12. The average molecular weight is 191 g/mol. The van der Waals surface area contributed by atoms with E-state index in [9.17, 15) is 0 Å². The molecular weight excluding hydrogens is 180 g/mol. The first-order valence-electron chi connectivity index (χ1n) is 3.59. The van der Waals surface area contributed by atoms with Gasteiger partial charge in [-0.15, -0.1) is 0 Å². The van der Waals surface area contributed by atoms with Crippen LogP contribution in [-0.4, -0.2) is 15.7 Å². The van der Waals surface area contributed by atoms with Crippen LogP contribution in [0.25, 0.3) is 0 Å². The molecule has 0 aliphatic carbocycles. The highest BCUT2D eigenvalue weighted by molar-refractivity contribution is 6.28. The molecule has 1 rings (SSSR count). The topological polar surface area (TPSA) is 48.2 Å². The fourth-order valence-electron chi connectivity index (χ4n) is 0.571. The summed E-state index contributed by atoms with van der Waals surface area (Å²) in [6.45, 7) is 6.14. The molecule has 0 aliphatic heterocycles. The second-order valence-electron chi connectivity index (χ2n) is 3.36. The maximum atomic E-state index is 5.44. The van der Waals surface area contributed by atoms with E-state index >= 15 is 0 Å². The van der Waals surface area contributed by atoms with E-state index in [1.165, 1.54) is 0 Å². The predicted octanol–water partition coefficient (Wildman–Crippen LogP) is 2.04. The number of hydrogen-bond acceptors (Lipinski definition) is 4. The van der Waals surface area contributed by atoms with Crippen molar-refractivity contribution in [2.75, 3.05) is 0 Å². The Hall–Kier alpha value is -0.610. The van der Waals surface area contributed by atoms with Gasteiger partial charge in [-0.1, -0.05) is 0 Å². The summed E-state index contributed by atoms with van der Waals surface area (Å²) in [5.74, 6) is 0.398. The third-order valence-corrected chi connectivity index (χ3v) is 1.23. The molecule has 0 bridgehead atoms. The number of aromatic nitrogens is 2. The van der Waals surface area contributed by atoms with Crippen molar-refractivity contribution in [3.05, 3.63) is 11.2 Å². The second-order valence-corrected chi connectivity index (χ2v) is 3.70. The van der Waals surface area contributed by atoms with E-state index < -0.39 is 0 Å². The van der Waals surface area contributed by atoms with Gasteiger partial charge in [0.15, 0.2) is 0 Å². The molecule has 0 atom stereocenters. The number of halogens is 1. The van der Waals surface area contributed by atoms with Gasteiger partial charge in [0, 0.05) is 0 Å². The number of rotatable bonds is 2. The van der Waals surface area contributed by atoms with Gasteiger partial charge in [-0.25, -0.2) is 0 Å². The Bertz CT molecular complexity index is 254. The molecule has 0 spiro atoms. The van der Waals surface area contributed by atoms with Crippen LogP contribution in [0, 0.1) is 0 Å². The third kappa shape index (κ3) is 3.19. The van der Waals surface area contributed by atoms with E-state index in [0.717, 1.165) is 0 Å². The lowest BCUT2D eigenvalue weighted by molar-refractivity contribution is -0.0260. The third-order valence-electron chi connectivity index (χ3n) is 1.07. The van der Waals surface area contributed by atoms with E-state index in [0.29, 0.717) is 12.5 Å². The van der Waals surface area contributed by atoms with Crippen molar-refractivity contribution in [3.8, 4) is 0 Å². The summed E-state index contributed by atoms with van der Waals surface area (Å²) >= 11 is 5.44. The Morgan fingerprint density at radius 2 is 2.17 bits per heavy atom. The summed E-state index contributed by atoms with van der Waals surface area (Å²) in [6, 6.07) is 0. The van der Waals surface area contributed by atoms with Gasteiger partial charge in [-0.3, -0.25) is 0 Å². The molecule has 4 nitrogen and oxygen atoms in total. The van der Waals surface area contributed by atoms with Crippen molar-refractivity contribution in [1.82, 2.24) is 10.1 Å². The fraction of sp³-hybridized carbons (Fsp3) is 0.714. The minimum absolute atomic E-state index is 0.113. The van der Waals surface area contributed by atoms with Crippen molar-refractivity contribution >= 4 is 11.6 Å². The van der Waals surface area contributed by atoms with Crippen LogP contribution < -0.4 is 0 Å². The van der Waals surface area contributed by atoms with Gasteiger partial charge in [-0.05, 0) is 37.5 Å². The van der Waals surface area contributed by atoms with Crippen molar-refractivity contribution in [3.63, 3.8) is 0 Å². The Labute approximate surface area is 75.9 Å². The number of ether oxygens (including phenoxy) is 1. The lowest BCUT2D eigenvalue weighted by atomic mass is 10.2. The largest absolute Gasteiger partial charge is 0.366 e. The molecule has 0 aromatic carbocycles. The molecule has 0 fully saturated rings. The van der Waals surface area contributed by atoms with Crippen LogP contribution in [-0.2, 0) is 11.3 Å². The molecule has 0 amide bonds. The van der Waals surface area contributed by atoms with Crippen LogP contribution >= 0.6 is 11.6 Å². The lowest BCUT2D eigenvalue weighted by Gasteiger charge is -2.17. The summed E-state index contributed by atoms with van der Waals surface area (Å²) in [7, 11) is 0. The zero-order valence-electron chi connectivity index (χ0n) is 7.30. The predicted molar refractivity (Wildman–Crippen MR) is 43.9 cm³/mol. The SMILES string of the molecule is CC(C)(C)OCc1nc(Cl)no1. The van der Waals surface area contributed by atoms with Gasteiger partial charge in [0.1, 0.15) is 6.61 Å². The highest BCUT2D eigenvalue weighted by Crippen LogP contribution is 2.11. The van der Waals surface area contributed by atoms with Gasteiger partial charge >= 0.3 is 0 Å². The monoisotopic (exact) mass is 190 g/mol. The zero-order chi connectivity index (χ0) is 9.19. The van der Waals surface area contributed by atoms with E-state index in [1.54, 1.807) is 0 Å². The molecule has 0 saturated carbocycles. The first-order valence-corrected chi connectivity index (χ1v) is 3.97. The molecule has 0 radical (unpaired) electrons.